The van der Waals surface area contributed by atoms with Gasteiger partial charge in [0.2, 0.25) is 0 Å². The van der Waals surface area contributed by atoms with E-state index in [1.807, 2.05) is 0 Å². The number of nitrogens with one attached hydrogen (secondary N) is 1. The SMILES string of the molecule is O=C(N/N=C1\C[C@H](N2C(=O)c3ccccc3C2=O)[C@@H]2CO[C@H]1O2)c1cc([N+](=O)[O-])cc([N+](=O)[O-])c1. The Labute approximate surface area is 195 Å². The quantitative estimate of drug-likeness (QED) is 0.374. The summed E-state index contributed by atoms with van der Waals surface area (Å²) < 4.78 is 11.3. The van der Waals surface area contributed by atoms with E-state index in [0.717, 1.165) is 23.1 Å². The van der Waals surface area contributed by atoms with Gasteiger partial charge in [-0.05, 0) is 12.1 Å². The highest BCUT2D eigenvalue weighted by Crippen LogP contribution is 2.34. The number of hydrogen-bond donors (Lipinski definition) is 1. The van der Waals surface area contributed by atoms with Crippen LogP contribution in [-0.4, -0.2) is 63.2 Å². The van der Waals surface area contributed by atoms with Gasteiger partial charge in [0, 0.05) is 18.6 Å². The molecule has 1 N–H and O–H groups in total. The Balaban J connectivity index is 1.38. The predicted octanol–water partition coefficient (Wildman–Crippen LogP) is 1.40. The average Bonchev–Trinajstić information content (AvgIpc) is 3.38. The van der Waals surface area contributed by atoms with Gasteiger partial charge in [-0.1, -0.05) is 12.1 Å². The first-order valence-corrected chi connectivity index (χ1v) is 10.3. The number of rotatable bonds is 5. The summed E-state index contributed by atoms with van der Waals surface area (Å²) in [5, 5.41) is 26.1. The number of non-ortho nitro benzene ring substituents is 2. The van der Waals surface area contributed by atoms with E-state index in [9.17, 15) is 34.6 Å². The highest BCUT2D eigenvalue weighted by molar-refractivity contribution is 6.21. The van der Waals surface area contributed by atoms with Crippen molar-refractivity contribution in [1.29, 1.82) is 0 Å². The minimum Gasteiger partial charge on any atom is -0.344 e. The largest absolute Gasteiger partial charge is 0.344 e. The standard InChI is InChI=1S/C21H15N5O9/c27-18(10-5-11(25(30)31)7-12(6-10)26(32)33)23-22-15-8-16(17-9-34-21(15)35-17)24-19(28)13-3-1-2-4-14(13)20(24)29/h1-7,16-17,21H,8-9H2,(H,23,27)/b22-15+/t16-,17-,21-/m0/s1. The summed E-state index contributed by atoms with van der Waals surface area (Å²) in [7, 11) is 0. The molecule has 2 bridgehead atoms. The summed E-state index contributed by atoms with van der Waals surface area (Å²) in [5.74, 6) is -1.89. The van der Waals surface area contributed by atoms with Crippen molar-refractivity contribution in [3.8, 4) is 0 Å². The van der Waals surface area contributed by atoms with Crippen LogP contribution in [0.4, 0.5) is 11.4 Å². The van der Waals surface area contributed by atoms with Crippen LogP contribution in [0.2, 0.25) is 0 Å². The summed E-state index contributed by atoms with van der Waals surface area (Å²) in [4.78, 5) is 59.9. The van der Waals surface area contributed by atoms with E-state index in [-0.39, 0.29) is 35.4 Å². The number of carbonyl (C=O) groups excluding carboxylic acids is 3. The molecule has 3 aliphatic rings. The number of nitro benzene ring substituents is 2. The molecular weight excluding hydrogens is 466 g/mol. The number of carbonyl (C=O) groups is 3. The Morgan fingerprint density at radius 2 is 1.63 bits per heavy atom. The molecule has 5 rings (SSSR count). The lowest BCUT2D eigenvalue weighted by Gasteiger charge is -2.33. The molecule has 2 fully saturated rings. The van der Waals surface area contributed by atoms with Crippen molar-refractivity contribution in [2.45, 2.75) is 24.9 Å². The van der Waals surface area contributed by atoms with Crippen LogP contribution in [0.15, 0.2) is 47.6 Å². The van der Waals surface area contributed by atoms with Crippen LogP contribution < -0.4 is 5.43 Å². The minimum atomic E-state index is -0.943. The number of hydrogen-bond acceptors (Lipinski definition) is 10. The molecule has 14 nitrogen and oxygen atoms in total. The highest BCUT2D eigenvalue weighted by atomic mass is 16.7. The van der Waals surface area contributed by atoms with Gasteiger partial charge in [0.1, 0.15) is 6.10 Å². The Morgan fingerprint density at radius 1 is 1.03 bits per heavy atom. The summed E-state index contributed by atoms with van der Waals surface area (Å²) in [6.07, 6.45) is -1.46. The number of hydrazone groups is 1. The van der Waals surface area contributed by atoms with Crippen molar-refractivity contribution in [1.82, 2.24) is 10.3 Å². The van der Waals surface area contributed by atoms with Gasteiger partial charge in [0.05, 0.1) is 51.0 Å². The molecule has 0 spiro atoms. The normalized spacial score (nSPS) is 23.9. The zero-order valence-corrected chi connectivity index (χ0v) is 17.7. The summed E-state index contributed by atoms with van der Waals surface area (Å²) in [6, 6.07) is 8.17. The van der Waals surface area contributed by atoms with Gasteiger partial charge in [-0.15, -0.1) is 0 Å². The van der Waals surface area contributed by atoms with Crippen molar-refractivity contribution in [3.63, 3.8) is 0 Å². The van der Waals surface area contributed by atoms with Gasteiger partial charge >= 0.3 is 0 Å². The van der Waals surface area contributed by atoms with Gasteiger partial charge < -0.3 is 9.47 Å². The zero-order chi connectivity index (χ0) is 24.9. The van der Waals surface area contributed by atoms with Crippen molar-refractivity contribution < 1.29 is 33.7 Å². The third kappa shape index (κ3) is 3.79. The molecule has 178 valence electrons. The van der Waals surface area contributed by atoms with Crippen LogP contribution in [0.5, 0.6) is 0 Å². The Morgan fingerprint density at radius 3 is 2.20 bits per heavy atom. The van der Waals surface area contributed by atoms with Crippen LogP contribution in [0.3, 0.4) is 0 Å². The third-order valence-electron chi connectivity index (χ3n) is 5.87. The molecular formula is C21H15N5O9. The molecule has 3 heterocycles. The minimum absolute atomic E-state index is 0.0518. The smallest absolute Gasteiger partial charge is 0.277 e. The van der Waals surface area contributed by atoms with Crippen LogP contribution in [0.25, 0.3) is 0 Å². The van der Waals surface area contributed by atoms with E-state index in [0.29, 0.717) is 0 Å². The fraction of sp³-hybridized carbons (Fsp3) is 0.238. The first kappa shape index (κ1) is 22.2. The van der Waals surface area contributed by atoms with Gasteiger partial charge in [-0.3, -0.25) is 39.5 Å². The zero-order valence-electron chi connectivity index (χ0n) is 17.7. The fourth-order valence-electron chi connectivity index (χ4n) is 4.23. The Hall–Kier alpha value is -4.56. The number of fused-ring (bicyclic) bond motifs is 3. The third-order valence-corrected chi connectivity index (χ3v) is 5.87. The maximum Gasteiger partial charge on any atom is 0.277 e. The first-order valence-electron chi connectivity index (χ1n) is 10.3. The van der Waals surface area contributed by atoms with E-state index < -0.39 is 57.4 Å². The van der Waals surface area contributed by atoms with E-state index >= 15 is 0 Å². The lowest BCUT2D eigenvalue weighted by Crippen LogP contribution is -2.52. The average molecular weight is 481 g/mol. The lowest BCUT2D eigenvalue weighted by atomic mass is 10.0. The molecule has 14 heteroatoms. The number of amides is 3. The summed E-state index contributed by atoms with van der Waals surface area (Å²) in [5.41, 5.74) is 1.30. The lowest BCUT2D eigenvalue weighted by molar-refractivity contribution is -0.394. The molecule has 3 amide bonds. The van der Waals surface area contributed by atoms with Crippen LogP contribution in [0.1, 0.15) is 37.5 Å². The topological polar surface area (TPSA) is 184 Å². The Bertz CT molecular complexity index is 1270. The molecule has 2 aromatic rings. The molecule has 35 heavy (non-hydrogen) atoms. The number of nitro groups is 2. The second kappa shape index (κ2) is 8.34. The monoisotopic (exact) mass is 481 g/mol. The van der Waals surface area contributed by atoms with E-state index in [4.69, 9.17) is 9.47 Å². The molecule has 2 saturated heterocycles. The van der Waals surface area contributed by atoms with Crippen molar-refractivity contribution in [2.75, 3.05) is 6.61 Å². The fourth-order valence-corrected chi connectivity index (χ4v) is 4.23. The number of benzene rings is 2. The molecule has 0 radical (unpaired) electrons. The van der Waals surface area contributed by atoms with Gasteiger partial charge in [-0.25, -0.2) is 5.43 Å². The number of imide groups is 1. The van der Waals surface area contributed by atoms with E-state index in [1.165, 1.54) is 0 Å². The highest BCUT2D eigenvalue weighted by Gasteiger charge is 2.50. The molecule has 0 saturated carbocycles. The molecule has 0 aliphatic carbocycles. The number of nitrogens with zero attached hydrogens (tertiary/aromatic N) is 4. The summed E-state index contributed by atoms with van der Waals surface area (Å²) in [6.45, 7) is 0.0901. The maximum atomic E-state index is 12.9. The number of ether oxygens (including phenoxy) is 2. The molecule has 3 atom stereocenters. The molecule has 3 aliphatic heterocycles. The van der Waals surface area contributed by atoms with Crippen LogP contribution >= 0.6 is 0 Å². The van der Waals surface area contributed by atoms with Crippen molar-refractivity contribution >= 4 is 34.8 Å². The van der Waals surface area contributed by atoms with Gasteiger partial charge in [0.15, 0.2) is 6.29 Å². The van der Waals surface area contributed by atoms with Crippen LogP contribution in [-0.2, 0) is 9.47 Å². The predicted molar refractivity (Wildman–Crippen MR) is 115 cm³/mol. The van der Waals surface area contributed by atoms with Crippen molar-refractivity contribution in [3.05, 3.63) is 79.4 Å². The van der Waals surface area contributed by atoms with Gasteiger partial charge in [-0.2, -0.15) is 5.10 Å². The molecule has 0 aromatic heterocycles. The first-order chi connectivity index (χ1) is 16.7. The maximum absolute atomic E-state index is 12.9. The molecule has 2 aromatic carbocycles. The second-order valence-electron chi connectivity index (χ2n) is 7.93. The van der Waals surface area contributed by atoms with E-state index in [1.54, 1.807) is 24.3 Å². The van der Waals surface area contributed by atoms with Crippen LogP contribution in [0, 0.1) is 20.2 Å². The summed E-state index contributed by atoms with van der Waals surface area (Å²) >= 11 is 0. The van der Waals surface area contributed by atoms with Crippen molar-refractivity contribution in [2.24, 2.45) is 5.10 Å². The van der Waals surface area contributed by atoms with Gasteiger partial charge in [0.25, 0.3) is 29.1 Å². The van der Waals surface area contributed by atoms with E-state index in [2.05, 4.69) is 10.5 Å². The molecule has 0 unspecified atom stereocenters. The Kier molecular flexibility index (Phi) is 5.30. The second-order valence-corrected chi connectivity index (χ2v) is 7.93.